The number of amidine groups is 1. The molecule has 2 aromatic carbocycles. The van der Waals surface area contributed by atoms with E-state index in [0.717, 1.165) is 43.9 Å². The van der Waals surface area contributed by atoms with E-state index < -0.39 is 10.0 Å². The second-order valence-electron chi connectivity index (χ2n) is 9.45. The number of piperazine rings is 1. The summed E-state index contributed by atoms with van der Waals surface area (Å²) in [6.07, 6.45) is 6.08. The minimum absolute atomic E-state index is 0.0252. The Labute approximate surface area is 224 Å². The molecule has 0 spiro atoms. The molecule has 2 aliphatic rings. The second kappa shape index (κ2) is 11.2. The highest BCUT2D eigenvalue weighted by molar-refractivity contribution is 7.97. The van der Waals surface area contributed by atoms with Gasteiger partial charge in [0.25, 0.3) is 10.0 Å². The number of hydrogen-bond donors (Lipinski definition) is 3. The van der Waals surface area contributed by atoms with Crippen LogP contribution in [0.3, 0.4) is 0 Å². The van der Waals surface area contributed by atoms with Crippen molar-refractivity contribution in [3.8, 4) is 5.75 Å². The zero-order chi connectivity index (χ0) is 27.4. The van der Waals surface area contributed by atoms with Crippen molar-refractivity contribution in [3.05, 3.63) is 107 Å². The zero-order valence-corrected chi connectivity index (χ0v) is 22.6. The molecule has 0 unspecified atom stereocenters. The summed E-state index contributed by atoms with van der Waals surface area (Å²) in [5.41, 5.74) is 4.79. The van der Waals surface area contributed by atoms with Crippen molar-refractivity contribution in [2.24, 2.45) is 4.99 Å². The number of phenolic OH excluding ortho intramolecular Hbond substituents is 1. The first-order chi connectivity index (χ1) is 18.1. The summed E-state index contributed by atoms with van der Waals surface area (Å²) in [5.74, 6) is 0.762. The topological polar surface area (TPSA) is 109 Å². The second-order valence-corrected chi connectivity index (χ2v) is 11.1. The van der Waals surface area contributed by atoms with E-state index in [0.29, 0.717) is 28.4 Å². The first-order valence-electron chi connectivity index (χ1n) is 12.3. The van der Waals surface area contributed by atoms with E-state index in [1.807, 2.05) is 30.9 Å². The third-order valence-electron chi connectivity index (χ3n) is 6.65. The highest BCUT2D eigenvalue weighted by Crippen LogP contribution is 2.25. The lowest BCUT2D eigenvalue weighted by Crippen LogP contribution is -2.48. The summed E-state index contributed by atoms with van der Waals surface area (Å²) in [6, 6.07) is 10.9. The van der Waals surface area contributed by atoms with Crippen molar-refractivity contribution in [3.63, 3.8) is 0 Å². The average Bonchev–Trinajstić information content (AvgIpc) is 2.89. The standard InChI is InChI=1S/C29H33N5O3S/c1-5-31-27-20(2)7-6-8-26(27)38(36,37)32-25-11-9-24(10-12-25)29(30)34-15-13-33(14-16-34)19-23-17-21(3)28(35)22(4)18-23/h5-12,17-18,30,32,35H,1-2,13-16,19H2,3-4H3/b30-29?,31-27+. The van der Waals surface area contributed by atoms with Gasteiger partial charge in [0.2, 0.25) is 0 Å². The van der Waals surface area contributed by atoms with Crippen LogP contribution in [-0.2, 0) is 16.6 Å². The van der Waals surface area contributed by atoms with Crippen LogP contribution in [0.2, 0.25) is 0 Å². The summed E-state index contributed by atoms with van der Waals surface area (Å²) in [5, 5.41) is 18.7. The third-order valence-corrected chi connectivity index (χ3v) is 8.06. The predicted octanol–water partition coefficient (Wildman–Crippen LogP) is 4.49. The number of nitrogens with one attached hydrogen (secondary N) is 2. The van der Waals surface area contributed by atoms with Crippen molar-refractivity contribution in [2.75, 3.05) is 30.9 Å². The number of benzene rings is 2. The van der Waals surface area contributed by atoms with E-state index in [9.17, 15) is 13.5 Å². The molecule has 1 aliphatic heterocycles. The minimum Gasteiger partial charge on any atom is -0.507 e. The van der Waals surface area contributed by atoms with Crippen LogP contribution in [0.25, 0.3) is 0 Å². The Hall–Kier alpha value is -3.95. The van der Waals surface area contributed by atoms with Gasteiger partial charge in [0.1, 0.15) is 16.5 Å². The van der Waals surface area contributed by atoms with Crippen LogP contribution >= 0.6 is 0 Å². The summed E-state index contributed by atoms with van der Waals surface area (Å²) in [7, 11) is -3.90. The molecule has 1 saturated heterocycles. The number of hydrogen-bond acceptors (Lipinski definition) is 6. The van der Waals surface area contributed by atoms with Crippen LogP contribution in [0.1, 0.15) is 22.3 Å². The molecule has 0 atom stereocenters. The van der Waals surface area contributed by atoms with Crippen LogP contribution in [-0.4, -0.2) is 61.1 Å². The Kier molecular flexibility index (Phi) is 7.99. The van der Waals surface area contributed by atoms with E-state index in [1.165, 1.54) is 17.8 Å². The maximum Gasteiger partial charge on any atom is 0.264 e. The molecule has 0 bridgehead atoms. The van der Waals surface area contributed by atoms with Gasteiger partial charge in [0, 0.05) is 50.2 Å². The molecule has 1 heterocycles. The third kappa shape index (κ3) is 5.95. The molecular formula is C29H33N5O3S. The van der Waals surface area contributed by atoms with Gasteiger partial charge in [-0.3, -0.25) is 20.0 Å². The fraction of sp³-hybridized carbons (Fsp3) is 0.241. The monoisotopic (exact) mass is 531 g/mol. The van der Waals surface area contributed by atoms with Crippen molar-refractivity contribution >= 4 is 27.3 Å². The van der Waals surface area contributed by atoms with Crippen LogP contribution < -0.4 is 4.72 Å². The van der Waals surface area contributed by atoms with Gasteiger partial charge in [0.15, 0.2) is 0 Å². The molecule has 1 fully saturated rings. The van der Waals surface area contributed by atoms with Crippen LogP contribution in [0.4, 0.5) is 5.69 Å². The fourth-order valence-electron chi connectivity index (χ4n) is 4.64. The molecule has 8 nitrogen and oxygen atoms in total. The highest BCUT2D eigenvalue weighted by atomic mass is 32.2. The van der Waals surface area contributed by atoms with Crippen molar-refractivity contribution in [1.29, 1.82) is 5.41 Å². The van der Waals surface area contributed by atoms with E-state index >= 15 is 0 Å². The van der Waals surface area contributed by atoms with Gasteiger partial charge >= 0.3 is 0 Å². The number of nitrogens with zero attached hydrogens (tertiary/aromatic N) is 3. The number of anilines is 1. The van der Waals surface area contributed by atoms with Gasteiger partial charge in [-0.2, -0.15) is 0 Å². The highest BCUT2D eigenvalue weighted by Gasteiger charge is 2.26. The maximum absolute atomic E-state index is 13.0. The Bertz CT molecular complexity index is 1440. The predicted molar refractivity (Wildman–Crippen MR) is 154 cm³/mol. The molecule has 38 heavy (non-hydrogen) atoms. The Morgan fingerprint density at radius 1 is 1.13 bits per heavy atom. The SMILES string of the molecule is C=C/N=C1\C(=C)C=CC=C1S(=O)(=O)Nc1ccc(C(=N)N2CCN(Cc3cc(C)c(O)c(C)c3)CC2)cc1. The van der Waals surface area contributed by atoms with Crippen molar-refractivity contribution < 1.29 is 13.5 Å². The molecule has 0 saturated carbocycles. The van der Waals surface area contributed by atoms with Gasteiger partial charge in [-0.1, -0.05) is 37.4 Å². The van der Waals surface area contributed by atoms with Crippen LogP contribution in [0, 0.1) is 19.3 Å². The number of sulfonamides is 1. The smallest absolute Gasteiger partial charge is 0.264 e. The summed E-state index contributed by atoms with van der Waals surface area (Å²) in [4.78, 5) is 8.48. The lowest BCUT2D eigenvalue weighted by Gasteiger charge is -2.36. The van der Waals surface area contributed by atoms with Crippen molar-refractivity contribution in [1.82, 2.24) is 9.80 Å². The summed E-state index contributed by atoms with van der Waals surface area (Å²) in [6.45, 7) is 15.1. The summed E-state index contributed by atoms with van der Waals surface area (Å²) < 4.78 is 28.7. The lowest BCUT2D eigenvalue weighted by atomic mass is 10.0. The largest absolute Gasteiger partial charge is 0.507 e. The minimum atomic E-state index is -3.90. The molecule has 2 aromatic rings. The lowest BCUT2D eigenvalue weighted by molar-refractivity contribution is 0.175. The molecule has 9 heteroatoms. The van der Waals surface area contributed by atoms with Gasteiger partial charge < -0.3 is 10.0 Å². The number of rotatable bonds is 7. The Morgan fingerprint density at radius 3 is 2.37 bits per heavy atom. The van der Waals surface area contributed by atoms with E-state index in [2.05, 4.69) is 27.8 Å². The zero-order valence-electron chi connectivity index (χ0n) is 21.7. The number of aliphatic imine (C=N–C) groups is 1. The van der Waals surface area contributed by atoms with Gasteiger partial charge in [-0.05, 0) is 66.5 Å². The normalized spacial score (nSPS) is 17.4. The fourth-order valence-corrected chi connectivity index (χ4v) is 5.89. The molecule has 0 aromatic heterocycles. The average molecular weight is 532 g/mol. The maximum atomic E-state index is 13.0. The van der Waals surface area contributed by atoms with Crippen molar-refractivity contribution in [2.45, 2.75) is 20.4 Å². The number of aromatic hydroxyl groups is 1. The number of aryl methyl sites for hydroxylation is 2. The van der Waals surface area contributed by atoms with E-state index in [4.69, 9.17) is 5.41 Å². The Balaban J connectivity index is 1.36. The van der Waals surface area contributed by atoms with Gasteiger partial charge in [0.05, 0.1) is 5.71 Å². The van der Waals surface area contributed by atoms with Gasteiger partial charge in [-0.25, -0.2) is 8.42 Å². The van der Waals surface area contributed by atoms with E-state index in [-0.39, 0.29) is 10.6 Å². The molecule has 0 amide bonds. The number of allylic oxidation sites excluding steroid dienone is 5. The molecule has 3 N–H and O–H groups in total. The quantitative estimate of drug-likeness (QED) is 0.360. The molecule has 1 aliphatic carbocycles. The van der Waals surface area contributed by atoms with Crippen LogP contribution in [0.15, 0.2) is 89.5 Å². The first kappa shape index (κ1) is 27.1. The van der Waals surface area contributed by atoms with Gasteiger partial charge in [-0.15, -0.1) is 0 Å². The Morgan fingerprint density at radius 2 is 1.76 bits per heavy atom. The summed E-state index contributed by atoms with van der Waals surface area (Å²) >= 11 is 0. The van der Waals surface area contributed by atoms with Crippen LogP contribution in [0.5, 0.6) is 5.75 Å². The first-order valence-corrected chi connectivity index (χ1v) is 13.8. The molecule has 198 valence electrons. The van der Waals surface area contributed by atoms with E-state index in [1.54, 1.807) is 36.4 Å². The molecular weight excluding hydrogens is 498 g/mol. The number of phenols is 1. The molecule has 4 rings (SSSR count). The molecule has 0 radical (unpaired) electrons.